The molecule has 0 unspecified atom stereocenters. The molecule has 5 aromatic rings. The van der Waals surface area contributed by atoms with E-state index in [9.17, 15) is 0 Å². The van der Waals surface area contributed by atoms with Crippen molar-refractivity contribution in [1.82, 2.24) is 9.97 Å². The van der Waals surface area contributed by atoms with Crippen molar-refractivity contribution in [3.05, 3.63) is 121 Å². The Kier molecular flexibility index (Phi) is 5.12. The van der Waals surface area contributed by atoms with Crippen molar-refractivity contribution in [3.63, 3.8) is 0 Å². The molecule has 0 atom stereocenters. The van der Waals surface area contributed by atoms with Crippen molar-refractivity contribution in [2.45, 2.75) is 6.92 Å². The second-order valence-electron chi connectivity index (χ2n) is 7.64. The van der Waals surface area contributed by atoms with E-state index in [2.05, 4.69) is 97.9 Å². The van der Waals surface area contributed by atoms with Crippen LogP contribution in [0.25, 0.3) is 45.0 Å². The summed E-state index contributed by atoms with van der Waals surface area (Å²) in [5.74, 6) is 0.737. The molecule has 4 aromatic carbocycles. The molecule has 1 aromatic heterocycles. The Morgan fingerprint density at radius 2 is 0.839 bits per heavy atom. The molecule has 0 aliphatic heterocycles. The normalized spacial score (nSPS) is 10.7. The van der Waals surface area contributed by atoms with Crippen molar-refractivity contribution < 1.29 is 0 Å². The molecule has 2 nitrogen and oxygen atoms in total. The molecule has 5 rings (SSSR count). The molecule has 0 fully saturated rings. The van der Waals surface area contributed by atoms with Crippen molar-refractivity contribution in [1.29, 1.82) is 0 Å². The van der Waals surface area contributed by atoms with E-state index in [4.69, 9.17) is 9.97 Å². The quantitative estimate of drug-likeness (QED) is 0.314. The summed E-state index contributed by atoms with van der Waals surface area (Å²) >= 11 is 0. The Labute approximate surface area is 182 Å². The van der Waals surface area contributed by atoms with Gasteiger partial charge in [0.05, 0.1) is 11.4 Å². The number of hydrogen-bond acceptors (Lipinski definition) is 2. The van der Waals surface area contributed by atoms with Crippen molar-refractivity contribution in [2.75, 3.05) is 0 Å². The molecule has 0 radical (unpaired) electrons. The molecule has 0 saturated heterocycles. The minimum atomic E-state index is 0.737. The zero-order chi connectivity index (χ0) is 21.0. The van der Waals surface area contributed by atoms with Gasteiger partial charge in [0, 0.05) is 16.7 Å². The maximum atomic E-state index is 4.91. The first-order chi connectivity index (χ1) is 15.3. The second kappa shape index (κ2) is 8.37. The van der Waals surface area contributed by atoms with Crippen LogP contribution in [0.4, 0.5) is 0 Å². The highest BCUT2D eigenvalue weighted by Gasteiger charge is 2.10. The summed E-state index contributed by atoms with van der Waals surface area (Å²) in [6.45, 7) is 2.10. The molecule has 0 spiro atoms. The molecule has 0 bridgehead atoms. The van der Waals surface area contributed by atoms with Gasteiger partial charge >= 0.3 is 0 Å². The van der Waals surface area contributed by atoms with Gasteiger partial charge in [0.2, 0.25) is 0 Å². The van der Waals surface area contributed by atoms with Crippen LogP contribution in [0.3, 0.4) is 0 Å². The predicted molar refractivity (Wildman–Crippen MR) is 129 cm³/mol. The lowest BCUT2D eigenvalue weighted by Gasteiger charge is -2.10. The van der Waals surface area contributed by atoms with Gasteiger partial charge in [0.1, 0.15) is 0 Å². The van der Waals surface area contributed by atoms with Gasteiger partial charge < -0.3 is 0 Å². The Morgan fingerprint density at radius 1 is 0.419 bits per heavy atom. The molecular formula is C29H22N2. The first-order valence-electron chi connectivity index (χ1n) is 10.4. The number of rotatable bonds is 4. The predicted octanol–water partition coefficient (Wildman–Crippen LogP) is 7.45. The molecule has 2 heteroatoms. The highest BCUT2D eigenvalue weighted by atomic mass is 14.9. The van der Waals surface area contributed by atoms with Crippen LogP contribution in [0.2, 0.25) is 0 Å². The van der Waals surface area contributed by atoms with E-state index in [1.165, 1.54) is 16.7 Å². The van der Waals surface area contributed by atoms with Crippen molar-refractivity contribution in [3.8, 4) is 45.0 Å². The molecule has 0 amide bonds. The van der Waals surface area contributed by atoms with E-state index in [-0.39, 0.29) is 0 Å². The van der Waals surface area contributed by atoms with Gasteiger partial charge in [-0.05, 0) is 24.1 Å². The monoisotopic (exact) mass is 398 g/mol. The maximum Gasteiger partial charge on any atom is 0.160 e. The largest absolute Gasteiger partial charge is 0.228 e. The van der Waals surface area contributed by atoms with Crippen LogP contribution < -0.4 is 0 Å². The average molecular weight is 399 g/mol. The lowest BCUT2D eigenvalue weighted by molar-refractivity contribution is 1.18. The van der Waals surface area contributed by atoms with E-state index in [1.807, 2.05) is 24.3 Å². The van der Waals surface area contributed by atoms with Crippen LogP contribution in [0.5, 0.6) is 0 Å². The lowest BCUT2D eigenvalue weighted by atomic mass is 10.0. The molecule has 1 heterocycles. The van der Waals surface area contributed by atoms with Gasteiger partial charge in [0.25, 0.3) is 0 Å². The Hall–Kier alpha value is -4.04. The zero-order valence-corrected chi connectivity index (χ0v) is 17.4. The number of benzene rings is 4. The van der Waals surface area contributed by atoms with Gasteiger partial charge in [0.15, 0.2) is 5.82 Å². The highest BCUT2D eigenvalue weighted by molar-refractivity contribution is 5.74. The Morgan fingerprint density at radius 3 is 1.39 bits per heavy atom. The Bertz CT molecular complexity index is 1290. The molecule has 0 aliphatic carbocycles. The van der Waals surface area contributed by atoms with Gasteiger partial charge in [-0.2, -0.15) is 0 Å². The van der Waals surface area contributed by atoms with E-state index in [1.54, 1.807) is 0 Å². The summed E-state index contributed by atoms with van der Waals surface area (Å²) in [6, 6.07) is 39.7. The third-order valence-electron chi connectivity index (χ3n) is 5.39. The third kappa shape index (κ3) is 4.15. The summed E-state index contributed by atoms with van der Waals surface area (Å²) in [6.07, 6.45) is 0. The topological polar surface area (TPSA) is 25.8 Å². The number of nitrogens with zero attached hydrogens (tertiary/aromatic N) is 2. The molecular weight excluding hydrogens is 376 g/mol. The fourth-order valence-corrected chi connectivity index (χ4v) is 3.65. The zero-order valence-electron chi connectivity index (χ0n) is 17.4. The van der Waals surface area contributed by atoms with Crippen LogP contribution in [-0.4, -0.2) is 9.97 Å². The van der Waals surface area contributed by atoms with Crippen LogP contribution in [0.15, 0.2) is 115 Å². The summed E-state index contributed by atoms with van der Waals surface area (Å²) in [5.41, 5.74) is 8.67. The van der Waals surface area contributed by atoms with Crippen LogP contribution >= 0.6 is 0 Å². The van der Waals surface area contributed by atoms with Gasteiger partial charge in [-0.1, -0.05) is 115 Å². The highest BCUT2D eigenvalue weighted by Crippen LogP contribution is 2.29. The van der Waals surface area contributed by atoms with E-state index < -0.39 is 0 Å². The standard InChI is InChI=1S/C29H22N2/c1-21-12-14-24(15-13-21)27-20-28(31-29(30-27)26-10-6-3-7-11-26)25-18-16-23(17-19-25)22-8-4-2-5-9-22/h2-20H,1H3. The van der Waals surface area contributed by atoms with E-state index >= 15 is 0 Å². The van der Waals surface area contributed by atoms with Gasteiger partial charge in [-0.25, -0.2) is 9.97 Å². The summed E-state index contributed by atoms with van der Waals surface area (Å²) in [7, 11) is 0. The first-order valence-corrected chi connectivity index (χ1v) is 10.4. The van der Waals surface area contributed by atoms with Crippen LogP contribution in [0.1, 0.15) is 5.56 Å². The van der Waals surface area contributed by atoms with Gasteiger partial charge in [-0.15, -0.1) is 0 Å². The first kappa shape index (κ1) is 19.0. The summed E-state index contributed by atoms with van der Waals surface area (Å²) in [5, 5.41) is 0. The summed E-state index contributed by atoms with van der Waals surface area (Å²) < 4.78 is 0. The third-order valence-corrected chi connectivity index (χ3v) is 5.39. The molecule has 0 N–H and O–H groups in total. The molecule has 0 aliphatic rings. The van der Waals surface area contributed by atoms with Gasteiger partial charge in [-0.3, -0.25) is 0 Å². The minimum absolute atomic E-state index is 0.737. The van der Waals surface area contributed by atoms with E-state index in [0.29, 0.717) is 0 Å². The van der Waals surface area contributed by atoms with Crippen molar-refractivity contribution >= 4 is 0 Å². The molecule has 0 saturated carbocycles. The lowest BCUT2D eigenvalue weighted by Crippen LogP contribution is -1.96. The SMILES string of the molecule is Cc1ccc(-c2cc(-c3ccc(-c4ccccc4)cc3)nc(-c3ccccc3)n2)cc1. The summed E-state index contributed by atoms with van der Waals surface area (Å²) in [4.78, 5) is 9.79. The number of hydrogen-bond donors (Lipinski definition) is 0. The maximum absolute atomic E-state index is 4.91. The minimum Gasteiger partial charge on any atom is -0.228 e. The number of aryl methyl sites for hydroxylation is 1. The second-order valence-corrected chi connectivity index (χ2v) is 7.64. The molecule has 31 heavy (non-hydrogen) atoms. The smallest absolute Gasteiger partial charge is 0.160 e. The average Bonchev–Trinajstić information content (AvgIpc) is 2.85. The van der Waals surface area contributed by atoms with E-state index in [0.717, 1.165) is 33.9 Å². The van der Waals surface area contributed by atoms with Crippen LogP contribution in [-0.2, 0) is 0 Å². The Balaban J connectivity index is 1.60. The number of aromatic nitrogens is 2. The molecule has 148 valence electrons. The fraction of sp³-hybridized carbons (Fsp3) is 0.0345. The van der Waals surface area contributed by atoms with Crippen molar-refractivity contribution in [2.24, 2.45) is 0 Å². The van der Waals surface area contributed by atoms with Crippen LogP contribution in [0, 0.1) is 6.92 Å². The fourth-order valence-electron chi connectivity index (χ4n) is 3.65.